The summed E-state index contributed by atoms with van der Waals surface area (Å²) in [6.07, 6.45) is 5.28. The molecule has 1 fully saturated rings. The molecule has 4 nitrogen and oxygen atoms in total. The van der Waals surface area contributed by atoms with Gasteiger partial charge in [-0.15, -0.1) is 0 Å². The summed E-state index contributed by atoms with van der Waals surface area (Å²) in [7, 11) is 0. The van der Waals surface area contributed by atoms with Gasteiger partial charge >= 0.3 is 0 Å². The average Bonchev–Trinajstić information content (AvgIpc) is 2.87. The van der Waals surface area contributed by atoms with Crippen LogP contribution in [-0.4, -0.2) is 24.1 Å². The fourth-order valence-corrected chi connectivity index (χ4v) is 3.16. The van der Waals surface area contributed by atoms with E-state index >= 15 is 0 Å². The molecule has 0 aliphatic carbocycles. The van der Waals surface area contributed by atoms with Gasteiger partial charge in [-0.2, -0.15) is 0 Å². The zero-order valence-corrected chi connectivity index (χ0v) is 13.9. The number of carbonyl (C=O) groups is 1. The summed E-state index contributed by atoms with van der Waals surface area (Å²) >= 11 is 0. The highest BCUT2D eigenvalue weighted by Crippen LogP contribution is 2.28. The summed E-state index contributed by atoms with van der Waals surface area (Å²) in [6.45, 7) is 2.09. The summed E-state index contributed by atoms with van der Waals surface area (Å²) in [5.74, 6) is 0.175. The highest BCUT2D eigenvalue weighted by molar-refractivity contribution is 5.95. The van der Waals surface area contributed by atoms with Crippen LogP contribution in [0.1, 0.15) is 31.2 Å². The van der Waals surface area contributed by atoms with Gasteiger partial charge in [0.05, 0.1) is 17.8 Å². The number of nitrogens with zero attached hydrogens (tertiary/aromatic N) is 1. The molecule has 0 bridgehead atoms. The molecule has 0 spiro atoms. The highest BCUT2D eigenvalue weighted by atomic mass is 16.3. The SMILES string of the molecule is O=C(Cc1ccc(O)cc1)Nc1ccccc1N1CCCCCC1. The standard InChI is InChI=1S/C20H24N2O2/c23-17-11-9-16(10-12-17)15-20(24)21-18-7-3-4-8-19(18)22-13-5-1-2-6-14-22/h3-4,7-12,23H,1-2,5-6,13-15H2,(H,21,24). The molecule has 0 radical (unpaired) electrons. The molecular weight excluding hydrogens is 300 g/mol. The molecule has 0 atom stereocenters. The molecular formula is C20H24N2O2. The van der Waals surface area contributed by atoms with Crippen molar-refractivity contribution in [2.45, 2.75) is 32.1 Å². The second kappa shape index (κ2) is 7.86. The maximum atomic E-state index is 12.4. The summed E-state index contributed by atoms with van der Waals surface area (Å²) < 4.78 is 0. The van der Waals surface area contributed by atoms with Crippen molar-refractivity contribution in [3.63, 3.8) is 0 Å². The Kier molecular flexibility index (Phi) is 5.36. The largest absolute Gasteiger partial charge is 0.508 e. The van der Waals surface area contributed by atoms with Crippen LogP contribution in [0.15, 0.2) is 48.5 Å². The summed E-state index contributed by atoms with van der Waals surface area (Å²) in [5, 5.41) is 12.4. The van der Waals surface area contributed by atoms with Gasteiger partial charge in [-0.05, 0) is 42.7 Å². The fourth-order valence-electron chi connectivity index (χ4n) is 3.16. The van der Waals surface area contributed by atoms with E-state index in [1.54, 1.807) is 24.3 Å². The molecule has 1 heterocycles. The molecule has 0 aromatic heterocycles. The van der Waals surface area contributed by atoms with E-state index in [0.717, 1.165) is 30.0 Å². The van der Waals surface area contributed by atoms with Crippen molar-refractivity contribution in [2.24, 2.45) is 0 Å². The van der Waals surface area contributed by atoms with Crippen LogP contribution >= 0.6 is 0 Å². The van der Waals surface area contributed by atoms with E-state index in [2.05, 4.69) is 16.3 Å². The lowest BCUT2D eigenvalue weighted by atomic mass is 10.1. The fraction of sp³-hybridized carbons (Fsp3) is 0.350. The summed E-state index contributed by atoms with van der Waals surface area (Å²) in [5.41, 5.74) is 2.87. The number of nitrogens with one attached hydrogen (secondary N) is 1. The zero-order chi connectivity index (χ0) is 16.8. The van der Waals surface area contributed by atoms with Crippen LogP contribution in [0.4, 0.5) is 11.4 Å². The highest BCUT2D eigenvalue weighted by Gasteiger charge is 2.14. The Bertz CT molecular complexity index is 674. The first kappa shape index (κ1) is 16.4. The first-order chi connectivity index (χ1) is 11.7. The van der Waals surface area contributed by atoms with Crippen molar-refractivity contribution in [1.29, 1.82) is 0 Å². The molecule has 1 aliphatic heterocycles. The predicted octanol–water partition coefficient (Wildman–Crippen LogP) is 3.95. The normalized spacial score (nSPS) is 14.9. The van der Waals surface area contributed by atoms with Crippen molar-refractivity contribution in [1.82, 2.24) is 0 Å². The number of amides is 1. The third-order valence-electron chi connectivity index (χ3n) is 4.43. The number of phenols is 1. The lowest BCUT2D eigenvalue weighted by Crippen LogP contribution is -2.26. The van der Waals surface area contributed by atoms with Gasteiger partial charge in [0, 0.05) is 13.1 Å². The summed E-state index contributed by atoms with van der Waals surface area (Å²) in [6, 6.07) is 14.8. The Morgan fingerprint density at radius 2 is 1.62 bits per heavy atom. The van der Waals surface area contributed by atoms with Crippen LogP contribution in [0.3, 0.4) is 0 Å². The Morgan fingerprint density at radius 1 is 0.958 bits per heavy atom. The van der Waals surface area contributed by atoms with Crippen molar-refractivity contribution >= 4 is 17.3 Å². The predicted molar refractivity (Wildman–Crippen MR) is 97.6 cm³/mol. The lowest BCUT2D eigenvalue weighted by molar-refractivity contribution is -0.115. The van der Waals surface area contributed by atoms with Gasteiger partial charge in [-0.1, -0.05) is 37.1 Å². The van der Waals surface area contributed by atoms with Gasteiger partial charge < -0.3 is 15.3 Å². The van der Waals surface area contributed by atoms with Crippen molar-refractivity contribution in [2.75, 3.05) is 23.3 Å². The Balaban J connectivity index is 1.70. The van der Waals surface area contributed by atoms with Crippen LogP contribution in [0.25, 0.3) is 0 Å². The molecule has 24 heavy (non-hydrogen) atoms. The number of para-hydroxylation sites is 2. The van der Waals surface area contributed by atoms with E-state index < -0.39 is 0 Å². The van der Waals surface area contributed by atoms with Crippen LogP contribution < -0.4 is 10.2 Å². The van der Waals surface area contributed by atoms with E-state index in [0.29, 0.717) is 6.42 Å². The van der Waals surface area contributed by atoms with E-state index in [1.807, 2.05) is 18.2 Å². The number of benzene rings is 2. The average molecular weight is 324 g/mol. The molecule has 3 rings (SSSR count). The maximum absolute atomic E-state index is 12.4. The molecule has 4 heteroatoms. The van der Waals surface area contributed by atoms with Crippen LogP contribution in [-0.2, 0) is 11.2 Å². The molecule has 0 saturated carbocycles. The maximum Gasteiger partial charge on any atom is 0.228 e. The minimum Gasteiger partial charge on any atom is -0.508 e. The van der Waals surface area contributed by atoms with Crippen LogP contribution in [0.2, 0.25) is 0 Å². The van der Waals surface area contributed by atoms with Crippen molar-refractivity contribution in [3.05, 3.63) is 54.1 Å². The van der Waals surface area contributed by atoms with Crippen LogP contribution in [0, 0.1) is 0 Å². The number of phenolic OH excluding ortho intramolecular Hbond substituents is 1. The smallest absolute Gasteiger partial charge is 0.228 e. The van der Waals surface area contributed by atoms with Crippen LogP contribution in [0.5, 0.6) is 5.75 Å². The van der Waals surface area contributed by atoms with E-state index in [1.165, 1.54) is 25.7 Å². The monoisotopic (exact) mass is 324 g/mol. The quantitative estimate of drug-likeness (QED) is 0.895. The molecule has 1 aliphatic rings. The van der Waals surface area contributed by atoms with E-state index in [9.17, 15) is 9.90 Å². The number of aromatic hydroxyl groups is 1. The summed E-state index contributed by atoms with van der Waals surface area (Å²) in [4.78, 5) is 14.8. The van der Waals surface area contributed by atoms with Gasteiger partial charge in [-0.25, -0.2) is 0 Å². The lowest BCUT2D eigenvalue weighted by Gasteiger charge is -2.25. The van der Waals surface area contributed by atoms with Crippen molar-refractivity contribution in [3.8, 4) is 5.75 Å². The Morgan fingerprint density at radius 3 is 2.33 bits per heavy atom. The minimum atomic E-state index is -0.0389. The first-order valence-electron chi connectivity index (χ1n) is 8.64. The second-order valence-electron chi connectivity index (χ2n) is 6.31. The number of rotatable bonds is 4. The molecule has 1 amide bonds. The number of carbonyl (C=O) groups excluding carboxylic acids is 1. The van der Waals surface area contributed by atoms with Gasteiger partial charge in [0.2, 0.25) is 5.91 Å². The van der Waals surface area contributed by atoms with Gasteiger partial charge in [0.25, 0.3) is 0 Å². The molecule has 2 N–H and O–H groups in total. The molecule has 2 aromatic rings. The minimum absolute atomic E-state index is 0.0389. The first-order valence-corrected chi connectivity index (χ1v) is 8.64. The van der Waals surface area contributed by atoms with Gasteiger partial charge in [-0.3, -0.25) is 4.79 Å². The third kappa shape index (κ3) is 4.28. The Hall–Kier alpha value is -2.49. The topological polar surface area (TPSA) is 52.6 Å². The Labute approximate surface area is 143 Å². The van der Waals surface area contributed by atoms with E-state index in [-0.39, 0.29) is 11.7 Å². The van der Waals surface area contributed by atoms with Crippen molar-refractivity contribution < 1.29 is 9.90 Å². The number of hydrogen-bond acceptors (Lipinski definition) is 3. The van der Waals surface area contributed by atoms with Gasteiger partial charge in [0.15, 0.2) is 0 Å². The molecule has 2 aromatic carbocycles. The number of hydrogen-bond donors (Lipinski definition) is 2. The third-order valence-corrected chi connectivity index (χ3v) is 4.43. The van der Waals surface area contributed by atoms with E-state index in [4.69, 9.17) is 0 Å². The molecule has 1 saturated heterocycles. The second-order valence-corrected chi connectivity index (χ2v) is 6.31. The molecule has 126 valence electrons. The zero-order valence-electron chi connectivity index (χ0n) is 13.9. The number of anilines is 2. The molecule has 0 unspecified atom stereocenters. The van der Waals surface area contributed by atoms with Gasteiger partial charge in [0.1, 0.15) is 5.75 Å².